The number of hydrogen-bond acceptors (Lipinski definition) is 10. The van der Waals surface area contributed by atoms with Gasteiger partial charge in [-0.05, 0) is 60.4 Å². The van der Waals surface area contributed by atoms with Gasteiger partial charge in [-0.25, -0.2) is 23.4 Å². The fraction of sp³-hybridized carbons (Fsp3) is 0.258. The first-order chi connectivity index (χ1) is 22.2. The number of ether oxygens (including phenoxy) is 2. The zero-order chi connectivity index (χ0) is 32.3. The van der Waals surface area contributed by atoms with Crippen LogP contribution in [0, 0.1) is 0 Å². The maximum Gasteiger partial charge on any atom is 0.259 e. The summed E-state index contributed by atoms with van der Waals surface area (Å²) in [5, 5.41) is 11.2. The summed E-state index contributed by atoms with van der Waals surface area (Å²) >= 11 is 1.12. The molecular formula is C31H30N6O7S2. The Kier molecular flexibility index (Phi) is 9.05. The predicted molar refractivity (Wildman–Crippen MR) is 171 cm³/mol. The second-order valence-corrected chi connectivity index (χ2v) is 13.1. The molecule has 4 N–H and O–H groups in total. The largest absolute Gasteiger partial charge is 0.454 e. The average Bonchev–Trinajstić information content (AvgIpc) is 3.65. The van der Waals surface area contributed by atoms with E-state index in [1.807, 2.05) is 36.4 Å². The molecule has 15 heteroatoms. The normalized spacial score (nSPS) is 16.3. The number of primary sulfonamides is 1. The van der Waals surface area contributed by atoms with Crippen molar-refractivity contribution in [2.24, 2.45) is 15.1 Å². The van der Waals surface area contributed by atoms with Crippen LogP contribution in [0.5, 0.6) is 11.5 Å². The number of thioether (sulfide) groups is 1. The Balaban J connectivity index is 1.02. The number of rotatable bonds is 11. The molecule has 0 aliphatic carbocycles. The molecule has 238 valence electrons. The van der Waals surface area contributed by atoms with Crippen molar-refractivity contribution < 1.29 is 32.3 Å². The molecule has 13 nitrogen and oxygen atoms in total. The molecule has 0 bridgehead atoms. The molecule has 6 rings (SSSR count). The third-order valence-electron chi connectivity index (χ3n) is 7.44. The molecule has 3 aromatic carbocycles. The van der Waals surface area contributed by atoms with Gasteiger partial charge in [-0.3, -0.25) is 19.4 Å². The minimum Gasteiger partial charge on any atom is -0.454 e. The number of nitrogens with zero attached hydrogens (tertiary/aromatic N) is 3. The van der Waals surface area contributed by atoms with Crippen LogP contribution in [-0.4, -0.2) is 67.2 Å². The van der Waals surface area contributed by atoms with Crippen molar-refractivity contribution in [3.8, 4) is 11.5 Å². The van der Waals surface area contributed by atoms with Gasteiger partial charge in [0.2, 0.25) is 28.6 Å². The van der Waals surface area contributed by atoms with E-state index in [0.29, 0.717) is 53.3 Å². The van der Waals surface area contributed by atoms with Crippen LogP contribution >= 0.6 is 11.8 Å². The van der Waals surface area contributed by atoms with E-state index in [-0.39, 0.29) is 48.0 Å². The van der Waals surface area contributed by atoms with Crippen molar-refractivity contribution in [1.82, 2.24) is 15.5 Å². The number of hydrogen-bond donors (Lipinski definition) is 3. The molecule has 3 amide bonds. The first-order valence-electron chi connectivity index (χ1n) is 14.4. The summed E-state index contributed by atoms with van der Waals surface area (Å²) in [7, 11) is -3.77. The number of carbonyl (C=O) groups excluding carboxylic acids is 3. The number of aliphatic imine (C=N–C) groups is 2. The Labute approximate surface area is 269 Å². The SMILES string of the molecule is NS(=O)(=O)c1ccc(CCNC(=O)CSC2=Nc3ccccc3C3=N[C@@H](CCC(=O)NCc4ccc5c(c4)OCO5)C(=O)N23)cc1. The van der Waals surface area contributed by atoms with Crippen LogP contribution in [-0.2, 0) is 37.4 Å². The van der Waals surface area contributed by atoms with Crippen molar-refractivity contribution in [1.29, 1.82) is 0 Å². The van der Waals surface area contributed by atoms with Crippen LogP contribution in [0.4, 0.5) is 5.69 Å². The lowest BCUT2D eigenvalue weighted by Crippen LogP contribution is -2.42. The van der Waals surface area contributed by atoms with Gasteiger partial charge in [-0.2, -0.15) is 0 Å². The molecule has 3 aromatic rings. The van der Waals surface area contributed by atoms with E-state index in [0.717, 1.165) is 22.9 Å². The van der Waals surface area contributed by atoms with Gasteiger partial charge < -0.3 is 20.1 Å². The lowest BCUT2D eigenvalue weighted by Gasteiger charge is -2.25. The zero-order valence-corrected chi connectivity index (χ0v) is 26.1. The third-order valence-corrected chi connectivity index (χ3v) is 9.31. The Morgan fingerprint density at radius 1 is 0.978 bits per heavy atom. The molecule has 0 saturated heterocycles. The standard InChI is InChI=1S/C31H30N6O7S2/c32-46(41,42)21-8-5-19(6-9-21)13-14-33-28(39)17-45-31-36-23-4-2-1-3-22(23)29-35-24(30(40)37(29)31)10-12-27(38)34-16-20-7-11-25-26(15-20)44-18-43-25/h1-9,11,15,24H,10,12-14,16-18H2,(H,33,39)(H,34,38)(H2,32,41,42)/t24-/m0/s1. The Hall–Kier alpha value is -4.73. The lowest BCUT2D eigenvalue weighted by molar-refractivity contribution is -0.125. The molecule has 3 aliphatic heterocycles. The molecule has 0 aromatic heterocycles. The summed E-state index contributed by atoms with van der Waals surface area (Å²) in [5.74, 6) is 0.995. The van der Waals surface area contributed by atoms with E-state index in [9.17, 15) is 22.8 Å². The Morgan fingerprint density at radius 3 is 2.54 bits per heavy atom. The van der Waals surface area contributed by atoms with Gasteiger partial charge in [-0.15, -0.1) is 0 Å². The molecule has 3 heterocycles. The summed E-state index contributed by atoms with van der Waals surface area (Å²) < 4.78 is 33.6. The van der Waals surface area contributed by atoms with Gasteiger partial charge in [-0.1, -0.05) is 42.1 Å². The molecule has 0 fully saturated rings. The minimum atomic E-state index is -3.77. The number of amidine groups is 2. The van der Waals surface area contributed by atoms with Crippen molar-refractivity contribution in [2.75, 3.05) is 19.1 Å². The highest BCUT2D eigenvalue weighted by Crippen LogP contribution is 2.35. The van der Waals surface area contributed by atoms with Gasteiger partial charge in [0.15, 0.2) is 16.7 Å². The fourth-order valence-electron chi connectivity index (χ4n) is 5.07. The average molecular weight is 663 g/mol. The first kappa shape index (κ1) is 31.3. The van der Waals surface area contributed by atoms with Crippen LogP contribution in [0.1, 0.15) is 29.5 Å². The highest BCUT2D eigenvalue weighted by molar-refractivity contribution is 8.14. The number of nitrogens with two attached hydrogens (primary N) is 1. The van der Waals surface area contributed by atoms with Gasteiger partial charge in [0, 0.05) is 25.1 Å². The molecule has 46 heavy (non-hydrogen) atoms. The molecule has 0 radical (unpaired) electrons. The van der Waals surface area contributed by atoms with Crippen LogP contribution in [0.2, 0.25) is 0 Å². The zero-order valence-electron chi connectivity index (χ0n) is 24.5. The highest BCUT2D eigenvalue weighted by Gasteiger charge is 2.41. The molecule has 3 aliphatic rings. The lowest BCUT2D eigenvalue weighted by atomic mass is 10.1. The van der Waals surface area contributed by atoms with E-state index in [4.69, 9.17) is 14.6 Å². The quantitative estimate of drug-likeness (QED) is 0.279. The molecular weight excluding hydrogens is 633 g/mol. The summed E-state index contributed by atoms with van der Waals surface area (Å²) in [4.78, 5) is 49.7. The predicted octanol–water partition coefficient (Wildman–Crippen LogP) is 2.21. The van der Waals surface area contributed by atoms with Crippen LogP contribution < -0.4 is 25.2 Å². The van der Waals surface area contributed by atoms with E-state index < -0.39 is 16.1 Å². The van der Waals surface area contributed by atoms with Crippen LogP contribution in [0.3, 0.4) is 0 Å². The van der Waals surface area contributed by atoms with Crippen molar-refractivity contribution >= 4 is 56.2 Å². The number of nitrogens with one attached hydrogen (secondary N) is 2. The van der Waals surface area contributed by atoms with E-state index in [1.165, 1.54) is 17.0 Å². The smallest absolute Gasteiger partial charge is 0.259 e. The molecule has 0 saturated carbocycles. The Bertz CT molecular complexity index is 1860. The number of fused-ring (bicyclic) bond motifs is 4. The minimum absolute atomic E-state index is 0.00927. The monoisotopic (exact) mass is 662 g/mol. The highest BCUT2D eigenvalue weighted by atomic mass is 32.2. The summed E-state index contributed by atoms with van der Waals surface area (Å²) in [6.07, 6.45) is 0.799. The van der Waals surface area contributed by atoms with Gasteiger partial charge >= 0.3 is 0 Å². The number of carbonyl (C=O) groups is 3. The van der Waals surface area contributed by atoms with Crippen molar-refractivity contribution in [3.63, 3.8) is 0 Å². The van der Waals surface area contributed by atoms with E-state index >= 15 is 0 Å². The maximum atomic E-state index is 13.5. The molecule has 0 spiro atoms. The number of sulfonamides is 1. The molecule has 1 atom stereocenters. The third kappa shape index (κ3) is 7.06. The van der Waals surface area contributed by atoms with Gasteiger partial charge in [0.05, 0.1) is 16.3 Å². The second-order valence-electron chi connectivity index (χ2n) is 10.6. The van der Waals surface area contributed by atoms with Crippen LogP contribution in [0.25, 0.3) is 0 Å². The molecule has 0 unspecified atom stereocenters. The maximum absolute atomic E-state index is 13.5. The van der Waals surface area contributed by atoms with E-state index in [1.54, 1.807) is 18.2 Å². The number of benzene rings is 3. The van der Waals surface area contributed by atoms with Crippen molar-refractivity contribution in [2.45, 2.75) is 36.7 Å². The van der Waals surface area contributed by atoms with Crippen molar-refractivity contribution in [3.05, 3.63) is 83.4 Å². The number of para-hydroxylation sites is 1. The summed E-state index contributed by atoms with van der Waals surface area (Å²) in [6.45, 7) is 0.812. The number of amides is 3. The topological polar surface area (TPSA) is 182 Å². The van der Waals surface area contributed by atoms with E-state index in [2.05, 4.69) is 20.6 Å². The van der Waals surface area contributed by atoms with Gasteiger partial charge in [0.25, 0.3) is 5.91 Å². The van der Waals surface area contributed by atoms with Gasteiger partial charge in [0.1, 0.15) is 11.9 Å². The summed E-state index contributed by atoms with van der Waals surface area (Å²) in [6, 6.07) is 18.2. The summed E-state index contributed by atoms with van der Waals surface area (Å²) in [5.41, 5.74) is 3.04. The second kappa shape index (κ2) is 13.3. The Morgan fingerprint density at radius 2 is 1.74 bits per heavy atom. The van der Waals surface area contributed by atoms with Crippen LogP contribution in [0.15, 0.2) is 81.6 Å². The fourth-order valence-corrected chi connectivity index (χ4v) is 6.41. The first-order valence-corrected chi connectivity index (χ1v) is 17.0.